The number of aliphatic imine (C=N–C) groups is 4. The highest BCUT2D eigenvalue weighted by molar-refractivity contribution is 6.01. The van der Waals surface area contributed by atoms with Gasteiger partial charge < -0.3 is 68.7 Å². The quantitative estimate of drug-likeness (QED) is 0.0512. The lowest BCUT2D eigenvalue weighted by Crippen LogP contribution is -2.29. The minimum absolute atomic E-state index is 0.0397. The minimum Gasteiger partial charge on any atom is -0.392 e. The van der Waals surface area contributed by atoms with Crippen LogP contribution < -0.4 is 69.1 Å². The van der Waals surface area contributed by atoms with Crippen LogP contribution in [0.3, 0.4) is 0 Å². The van der Waals surface area contributed by atoms with Crippen LogP contribution in [0, 0.1) is 0 Å². The van der Waals surface area contributed by atoms with E-state index in [4.69, 9.17) is 33.1 Å². The van der Waals surface area contributed by atoms with Gasteiger partial charge in [-0.25, -0.2) is 69.8 Å². The Bertz CT molecular complexity index is 7520. The standard InChI is InChI=1S/C24H24N10O.C24H24N10.C23H25N9O.C22H23N9O/c1-14-19(12-35)15(2)33(13-28-14)22-8-16-7-20(27-10-18(16)24(25)30-22)29-21-9-17-3-5-32-6-4-26-23(32)11-34(17)31-21;1-14-15(2)28-13-33(16(14)3)22-9-17-8-20(27-11-19(17)24(25)30-22)29-21-10-18-4-6-32-7-5-26-23(32)12-34(18)31-21;1-13-14(2)26-12-31(15(13)3)21-8-16-7-19(25-10-18(16)23(24)28-21)27-20-9-17-5-6-30(4)22(33)11-32(17)29-20;1-12-13(2)26-11-30(14(12)3)20-7-15-6-18(25-9-17(15)22(23)28-20)27-19-8-16-4-5-24-21(32)10-31(16)29-19/h4,6-10,13,35H,1,3,5,11-12H2,2H3,(H2,25,30)(H,27,29,31);5,7-11,13H,2,4,6,12H2,1,3H3,(H2,25,30)(H,27,29,31);7-10,12H,2,5-6,11H2,1,3-4H3,(H2,24,28)(H,25,27,29);6-9,11H,2,4-5,10H2,1,3H3,(H2,23,28)(H,24,32)(H,25,27,29). The van der Waals surface area contributed by atoms with Crippen molar-refractivity contribution in [1.82, 2.24) is 108 Å². The number of aryl methyl sites for hydroxylation is 4. The van der Waals surface area contributed by atoms with E-state index < -0.39 is 0 Å². The number of rotatable bonds is 13. The first-order valence-electron chi connectivity index (χ1n) is 43.2. The first kappa shape index (κ1) is 86.0. The van der Waals surface area contributed by atoms with Crippen molar-refractivity contribution >= 4 is 173 Å². The molecule has 41 nitrogen and oxygen atoms in total. The first-order valence-corrected chi connectivity index (χ1v) is 43.2. The largest absolute Gasteiger partial charge is 0.392 e. The van der Waals surface area contributed by atoms with Crippen LogP contribution in [0.25, 0.3) is 43.1 Å². The number of nitrogens with two attached hydrogens (primary N) is 4. The molecule has 14 aromatic rings. The molecule has 0 saturated carbocycles. The molecule has 676 valence electrons. The van der Waals surface area contributed by atoms with Crippen LogP contribution in [0.5, 0.6) is 0 Å². The summed E-state index contributed by atoms with van der Waals surface area (Å²) in [7, 11) is 1.81. The molecule has 2 amide bonds. The molecule has 8 aliphatic rings. The zero-order valence-corrected chi connectivity index (χ0v) is 74.9. The van der Waals surface area contributed by atoms with Crippen LogP contribution in [-0.4, -0.2) is 172 Å². The van der Waals surface area contributed by atoms with Crippen molar-refractivity contribution in [2.24, 2.45) is 20.0 Å². The molecule has 0 bridgehead atoms. The fraction of sp³-hybridized carbons (Fsp3) is 0.226. The van der Waals surface area contributed by atoms with Crippen LogP contribution >= 0.6 is 0 Å². The Balaban J connectivity index is 0.000000115. The summed E-state index contributed by atoms with van der Waals surface area (Å²) in [6.45, 7) is 34.2. The monoisotopic (exact) mass is 1790 g/mol. The van der Waals surface area contributed by atoms with Gasteiger partial charge >= 0.3 is 0 Å². The average Bonchev–Trinajstić information content (AvgIpc) is 1.20. The molecule has 22 rings (SSSR count). The van der Waals surface area contributed by atoms with E-state index in [1.807, 2.05) is 171 Å². The van der Waals surface area contributed by atoms with E-state index in [1.165, 1.54) is 0 Å². The average molecular weight is 1790 g/mol. The molecular weight excluding hydrogens is 1700 g/mol. The molecule has 14 N–H and O–H groups in total. The number of amides is 2. The lowest BCUT2D eigenvalue weighted by Gasteiger charge is -2.26. The van der Waals surface area contributed by atoms with Gasteiger partial charge in [0.2, 0.25) is 11.8 Å². The van der Waals surface area contributed by atoms with Crippen molar-refractivity contribution in [1.29, 1.82) is 0 Å². The van der Waals surface area contributed by atoms with Crippen LogP contribution in [0.2, 0.25) is 0 Å². The third kappa shape index (κ3) is 17.2. The molecule has 134 heavy (non-hydrogen) atoms. The van der Waals surface area contributed by atoms with Gasteiger partial charge in [0.1, 0.15) is 120 Å². The van der Waals surface area contributed by atoms with Gasteiger partial charge in [-0.1, -0.05) is 26.3 Å². The number of hydrogen-bond acceptors (Lipinski definition) is 33. The van der Waals surface area contributed by atoms with E-state index in [0.717, 1.165) is 185 Å². The van der Waals surface area contributed by atoms with Gasteiger partial charge in [0.05, 0.1) is 42.5 Å². The van der Waals surface area contributed by atoms with Crippen LogP contribution in [-0.2, 0) is 74.5 Å². The Morgan fingerprint density at radius 3 is 1.07 bits per heavy atom. The van der Waals surface area contributed by atoms with E-state index in [9.17, 15) is 14.7 Å². The maximum absolute atomic E-state index is 12.1. The number of allylic oxidation sites excluding steroid dienone is 7. The zero-order chi connectivity index (χ0) is 93.2. The van der Waals surface area contributed by atoms with Gasteiger partial charge in [-0.3, -0.25) is 47.9 Å². The molecule has 0 aromatic carbocycles. The number of hydrogen-bond donors (Lipinski definition) is 10. The highest BCUT2D eigenvalue weighted by Gasteiger charge is 2.28. The van der Waals surface area contributed by atoms with Crippen molar-refractivity contribution in [3.63, 3.8) is 0 Å². The van der Waals surface area contributed by atoms with Gasteiger partial charge in [0.25, 0.3) is 0 Å². The lowest BCUT2D eigenvalue weighted by molar-refractivity contribution is -0.130. The van der Waals surface area contributed by atoms with Crippen molar-refractivity contribution < 1.29 is 14.7 Å². The molecule has 0 radical (unpaired) electrons. The lowest BCUT2D eigenvalue weighted by atomic mass is 10.1. The Hall–Kier alpha value is -17.4. The maximum Gasteiger partial charge on any atom is 0.244 e. The highest BCUT2D eigenvalue weighted by Crippen LogP contribution is 2.38. The smallest absolute Gasteiger partial charge is 0.244 e. The number of pyridine rings is 8. The fourth-order valence-corrected chi connectivity index (χ4v) is 16.5. The summed E-state index contributed by atoms with van der Waals surface area (Å²) >= 11 is 0. The summed E-state index contributed by atoms with van der Waals surface area (Å²) in [5, 5.41) is 50.8. The minimum atomic E-state index is -0.157. The highest BCUT2D eigenvalue weighted by atomic mass is 16.3. The molecule has 0 spiro atoms. The molecule has 22 heterocycles. The van der Waals surface area contributed by atoms with Gasteiger partial charge in [-0.15, -0.1) is 0 Å². The Kier molecular flexibility index (Phi) is 22.6. The number of nitrogen functional groups attached to an aromatic ring is 4. The number of aliphatic hydroxyl groups is 1. The molecule has 0 saturated heterocycles. The topological polar surface area (TPSA) is 494 Å². The van der Waals surface area contributed by atoms with Gasteiger partial charge in [0, 0.05) is 205 Å². The number of aromatic nitrogens is 20. The summed E-state index contributed by atoms with van der Waals surface area (Å²) < 4.78 is 11.8. The van der Waals surface area contributed by atoms with E-state index in [2.05, 4.69) is 148 Å². The molecule has 0 aliphatic carbocycles. The van der Waals surface area contributed by atoms with Crippen molar-refractivity contribution in [3.8, 4) is 0 Å². The summed E-state index contributed by atoms with van der Waals surface area (Å²) in [6.07, 6.45) is 24.5. The SMILES string of the molecule is C=C1N=CN(c2cc3cc(Nc4cc5n(n4)CC(=O)N(C)CC5)ncc3c(N)n2)C(C)=C1C.C=C1N=CN(c2cc3cc(Nc4cc5n(n4)CC(=O)NCC5)ncc3c(N)n2)C(C)=C1C.C=C1N=CN(c2cc3cc(Nc4cc5n(n4)Cc4nccn4CC5)ncc3c(N)n2)C(C)=C1C.C=C1N=CN(c2cc3cc(Nc4cc5n(n4)Cc4nccn4CC5)ncc3c(N)n2)C(C)=C1CO. The number of likely N-dealkylation sites (N-methyl/N-ethyl adjacent to an activating group) is 1. The zero-order valence-electron chi connectivity index (χ0n) is 74.9. The van der Waals surface area contributed by atoms with E-state index in [0.29, 0.717) is 119 Å². The Morgan fingerprint density at radius 1 is 0.388 bits per heavy atom. The predicted molar refractivity (Wildman–Crippen MR) is 521 cm³/mol. The number of imidazole rings is 2. The van der Waals surface area contributed by atoms with E-state index >= 15 is 0 Å². The van der Waals surface area contributed by atoms with E-state index in [-0.39, 0.29) is 31.5 Å². The number of nitrogens with zero attached hydrogens (tertiary/aromatic N) is 29. The number of nitrogens with one attached hydrogen (secondary N) is 5. The number of fused-ring (bicyclic) bond motifs is 10. The van der Waals surface area contributed by atoms with Gasteiger partial charge in [0.15, 0.2) is 23.3 Å². The number of anilines is 16. The first-order chi connectivity index (χ1) is 64.6. The number of carbonyl (C=O) groups is 2. The second kappa shape index (κ2) is 35.2. The number of carbonyl (C=O) groups excluding carboxylic acids is 2. The molecule has 0 fully saturated rings. The van der Waals surface area contributed by atoms with Crippen LogP contribution in [0.4, 0.5) is 93.1 Å². The van der Waals surface area contributed by atoms with Crippen LogP contribution in [0.1, 0.15) is 82.9 Å². The predicted octanol–water partition coefficient (Wildman–Crippen LogP) is 11.5. The summed E-state index contributed by atoms with van der Waals surface area (Å²) in [6, 6.07) is 23.5. The third-order valence-corrected chi connectivity index (χ3v) is 24.8. The van der Waals surface area contributed by atoms with E-state index in [1.54, 1.807) is 69.3 Å². The van der Waals surface area contributed by atoms with Crippen molar-refractivity contribution in [2.75, 3.05) is 90.5 Å². The Morgan fingerprint density at radius 2 is 0.709 bits per heavy atom. The summed E-state index contributed by atoms with van der Waals surface area (Å²) in [5.74, 6) is 11.5. The molecule has 0 unspecified atom stereocenters. The molecule has 0 atom stereocenters. The second-order valence-electron chi connectivity index (χ2n) is 33.2. The summed E-state index contributed by atoms with van der Waals surface area (Å²) in [4.78, 5) is 95.6. The number of aliphatic hydroxyl groups excluding tert-OH is 1. The fourth-order valence-electron chi connectivity index (χ4n) is 16.5. The van der Waals surface area contributed by atoms with Crippen molar-refractivity contribution in [3.05, 3.63) is 251 Å². The molecule has 41 heteroatoms. The molecule has 8 aliphatic heterocycles. The maximum atomic E-state index is 12.1. The van der Waals surface area contributed by atoms with Gasteiger partial charge in [-0.2, -0.15) is 20.4 Å². The van der Waals surface area contributed by atoms with Crippen molar-refractivity contribution in [2.45, 2.75) is 113 Å². The molecular formula is C93H96N38O3. The third-order valence-electron chi connectivity index (χ3n) is 24.8. The Labute approximate surface area is 767 Å². The van der Waals surface area contributed by atoms with Crippen LogP contribution in [0.15, 0.2) is 237 Å². The normalized spacial score (nSPS) is 15.9. The van der Waals surface area contributed by atoms with Gasteiger partial charge in [-0.05, 0) is 135 Å². The summed E-state index contributed by atoms with van der Waals surface area (Å²) in [5.41, 5.74) is 39.6. The molecule has 14 aromatic heterocycles. The second-order valence-corrected chi connectivity index (χ2v) is 33.2.